The first-order valence-electron chi connectivity index (χ1n) is 9.90. The molecule has 0 radical (unpaired) electrons. The summed E-state index contributed by atoms with van der Waals surface area (Å²) < 4.78 is 33.1. The van der Waals surface area contributed by atoms with Crippen molar-refractivity contribution in [3.63, 3.8) is 0 Å². The van der Waals surface area contributed by atoms with E-state index < -0.39 is 10.0 Å². The summed E-state index contributed by atoms with van der Waals surface area (Å²) in [5, 5.41) is 3.89. The predicted molar refractivity (Wildman–Crippen MR) is 108 cm³/mol. The molecule has 0 saturated carbocycles. The minimum Gasteiger partial charge on any atom is -0.360 e. The van der Waals surface area contributed by atoms with Crippen LogP contribution in [0.2, 0.25) is 0 Å². The van der Waals surface area contributed by atoms with Gasteiger partial charge in [-0.3, -0.25) is 9.69 Å². The highest BCUT2D eigenvalue weighted by Crippen LogP contribution is 2.30. The SMILES string of the molecule is CC(=O)N1CCCc2cc(S(=O)(=O)N3CCN(Cc4cc(C)no4)CC3)ccc21. The summed E-state index contributed by atoms with van der Waals surface area (Å²) >= 11 is 0. The van der Waals surface area contributed by atoms with E-state index in [1.54, 1.807) is 34.3 Å². The Morgan fingerprint density at radius 3 is 2.55 bits per heavy atom. The molecule has 2 aliphatic rings. The van der Waals surface area contributed by atoms with Gasteiger partial charge < -0.3 is 9.42 Å². The number of anilines is 1. The second-order valence-corrected chi connectivity index (χ2v) is 9.62. The maximum atomic E-state index is 13.2. The maximum absolute atomic E-state index is 13.2. The molecule has 9 heteroatoms. The van der Waals surface area contributed by atoms with Crippen molar-refractivity contribution < 1.29 is 17.7 Å². The van der Waals surface area contributed by atoms with E-state index in [4.69, 9.17) is 4.52 Å². The highest BCUT2D eigenvalue weighted by molar-refractivity contribution is 7.89. The summed E-state index contributed by atoms with van der Waals surface area (Å²) in [4.78, 5) is 16.0. The van der Waals surface area contributed by atoms with E-state index in [9.17, 15) is 13.2 Å². The molecule has 3 heterocycles. The van der Waals surface area contributed by atoms with Crippen LogP contribution >= 0.6 is 0 Å². The fourth-order valence-corrected chi connectivity index (χ4v) is 5.52. The largest absolute Gasteiger partial charge is 0.360 e. The fourth-order valence-electron chi connectivity index (χ4n) is 4.05. The smallest absolute Gasteiger partial charge is 0.243 e. The van der Waals surface area contributed by atoms with Gasteiger partial charge in [0.05, 0.1) is 17.1 Å². The molecule has 1 amide bonds. The molecule has 0 aliphatic carbocycles. The normalized spacial score (nSPS) is 18.6. The van der Waals surface area contributed by atoms with E-state index >= 15 is 0 Å². The number of hydrogen-bond acceptors (Lipinski definition) is 6. The first-order valence-corrected chi connectivity index (χ1v) is 11.3. The molecular formula is C20H26N4O4S. The molecule has 0 N–H and O–H groups in total. The molecule has 0 atom stereocenters. The third-order valence-electron chi connectivity index (χ3n) is 5.57. The maximum Gasteiger partial charge on any atom is 0.243 e. The monoisotopic (exact) mass is 418 g/mol. The van der Waals surface area contributed by atoms with Gasteiger partial charge in [0.2, 0.25) is 15.9 Å². The summed E-state index contributed by atoms with van der Waals surface area (Å²) in [5.41, 5.74) is 2.60. The minimum absolute atomic E-state index is 0.0142. The zero-order valence-corrected chi connectivity index (χ0v) is 17.6. The number of aromatic nitrogens is 1. The molecular weight excluding hydrogens is 392 g/mol. The Balaban J connectivity index is 1.46. The van der Waals surface area contributed by atoms with Gasteiger partial charge in [0.25, 0.3) is 0 Å². The molecule has 0 bridgehead atoms. The molecule has 8 nitrogen and oxygen atoms in total. The predicted octanol–water partition coefficient (Wildman–Crippen LogP) is 1.79. The number of benzene rings is 1. The lowest BCUT2D eigenvalue weighted by atomic mass is 10.0. The number of piperazine rings is 1. The van der Waals surface area contributed by atoms with Gasteiger partial charge in [-0.2, -0.15) is 4.31 Å². The van der Waals surface area contributed by atoms with Crippen LogP contribution < -0.4 is 4.90 Å². The summed E-state index contributed by atoms with van der Waals surface area (Å²) in [6, 6.07) is 7.04. The molecule has 1 aromatic carbocycles. The Labute approximate surface area is 171 Å². The Morgan fingerprint density at radius 2 is 1.90 bits per heavy atom. The van der Waals surface area contributed by atoms with Gasteiger partial charge in [-0.15, -0.1) is 0 Å². The molecule has 29 heavy (non-hydrogen) atoms. The quantitative estimate of drug-likeness (QED) is 0.752. The van der Waals surface area contributed by atoms with Crippen molar-refractivity contribution in [3.05, 3.63) is 41.3 Å². The van der Waals surface area contributed by atoms with Crippen LogP contribution in [0.1, 0.15) is 30.4 Å². The van der Waals surface area contributed by atoms with E-state index in [1.807, 2.05) is 13.0 Å². The summed E-state index contributed by atoms with van der Waals surface area (Å²) in [6.07, 6.45) is 1.63. The molecule has 2 aromatic rings. The zero-order chi connectivity index (χ0) is 20.6. The first kappa shape index (κ1) is 20.1. The van der Waals surface area contributed by atoms with Crippen LogP contribution in [-0.4, -0.2) is 61.4 Å². The Hall–Kier alpha value is -2.23. The lowest BCUT2D eigenvalue weighted by Crippen LogP contribution is -2.48. The first-order chi connectivity index (χ1) is 13.8. The van der Waals surface area contributed by atoms with Crippen LogP contribution in [0.3, 0.4) is 0 Å². The van der Waals surface area contributed by atoms with Gasteiger partial charge in [0, 0.05) is 51.4 Å². The minimum atomic E-state index is -3.56. The average Bonchev–Trinajstić information content (AvgIpc) is 3.12. The number of carbonyl (C=O) groups excluding carboxylic acids is 1. The van der Waals surface area contributed by atoms with Crippen LogP contribution in [0.4, 0.5) is 5.69 Å². The van der Waals surface area contributed by atoms with Crippen molar-refractivity contribution >= 4 is 21.6 Å². The standard InChI is InChI=1S/C20H26N4O4S/c1-15-12-18(28-21-15)14-22-8-10-23(11-9-22)29(26,27)19-5-6-20-17(13-19)4-3-7-24(20)16(2)25/h5-6,12-13H,3-4,7-11,14H2,1-2H3. The number of hydrogen-bond donors (Lipinski definition) is 0. The fraction of sp³-hybridized carbons (Fsp3) is 0.500. The molecule has 1 aromatic heterocycles. The Morgan fingerprint density at radius 1 is 1.14 bits per heavy atom. The second kappa shape index (κ2) is 7.89. The molecule has 156 valence electrons. The van der Waals surface area contributed by atoms with Crippen molar-refractivity contribution in [1.29, 1.82) is 0 Å². The molecule has 2 aliphatic heterocycles. The third kappa shape index (κ3) is 4.08. The summed E-state index contributed by atoms with van der Waals surface area (Å²) in [5.74, 6) is 0.781. The number of carbonyl (C=O) groups is 1. The highest BCUT2D eigenvalue weighted by Gasteiger charge is 2.30. The summed E-state index contributed by atoms with van der Waals surface area (Å²) in [7, 11) is -3.56. The van der Waals surface area contributed by atoms with Gasteiger partial charge >= 0.3 is 0 Å². The molecule has 0 spiro atoms. The highest BCUT2D eigenvalue weighted by atomic mass is 32.2. The van der Waals surface area contributed by atoms with Crippen molar-refractivity contribution in [1.82, 2.24) is 14.4 Å². The lowest BCUT2D eigenvalue weighted by molar-refractivity contribution is -0.116. The average molecular weight is 419 g/mol. The number of sulfonamides is 1. The van der Waals surface area contributed by atoms with Crippen LogP contribution in [0.15, 0.2) is 33.7 Å². The topological polar surface area (TPSA) is 87.0 Å². The van der Waals surface area contributed by atoms with Crippen LogP contribution in [0, 0.1) is 6.92 Å². The van der Waals surface area contributed by atoms with Crippen molar-refractivity contribution in [3.8, 4) is 0 Å². The van der Waals surface area contributed by atoms with Crippen molar-refractivity contribution in [2.45, 2.75) is 38.1 Å². The lowest BCUT2D eigenvalue weighted by Gasteiger charge is -2.34. The van der Waals surface area contributed by atoms with E-state index in [0.29, 0.717) is 44.2 Å². The second-order valence-electron chi connectivity index (χ2n) is 7.68. The number of aryl methyl sites for hydroxylation is 2. The van der Waals surface area contributed by atoms with Gasteiger partial charge in [-0.05, 0) is 43.5 Å². The zero-order valence-electron chi connectivity index (χ0n) is 16.8. The molecule has 4 rings (SSSR count). The third-order valence-corrected chi connectivity index (χ3v) is 7.47. The van der Waals surface area contributed by atoms with Crippen LogP contribution in [-0.2, 0) is 27.8 Å². The number of rotatable bonds is 4. The summed E-state index contributed by atoms with van der Waals surface area (Å²) in [6.45, 7) is 6.89. The molecule has 0 unspecified atom stereocenters. The number of fused-ring (bicyclic) bond motifs is 1. The molecule has 1 fully saturated rings. The Kier molecular flexibility index (Phi) is 5.46. The van der Waals surface area contributed by atoms with E-state index in [2.05, 4.69) is 10.1 Å². The van der Waals surface area contributed by atoms with Crippen LogP contribution in [0.25, 0.3) is 0 Å². The number of amides is 1. The van der Waals surface area contributed by atoms with Crippen LogP contribution in [0.5, 0.6) is 0 Å². The van der Waals surface area contributed by atoms with E-state index in [1.165, 1.54) is 0 Å². The van der Waals surface area contributed by atoms with Crippen molar-refractivity contribution in [2.24, 2.45) is 0 Å². The number of nitrogens with zero attached hydrogens (tertiary/aromatic N) is 4. The van der Waals surface area contributed by atoms with Gasteiger partial charge in [-0.25, -0.2) is 8.42 Å². The van der Waals surface area contributed by atoms with Gasteiger partial charge in [-0.1, -0.05) is 5.16 Å². The van der Waals surface area contributed by atoms with Gasteiger partial charge in [0.15, 0.2) is 5.76 Å². The van der Waals surface area contributed by atoms with Gasteiger partial charge in [0.1, 0.15) is 0 Å². The van der Waals surface area contributed by atoms with Crippen molar-refractivity contribution in [2.75, 3.05) is 37.6 Å². The van der Waals surface area contributed by atoms with E-state index in [0.717, 1.165) is 35.5 Å². The Bertz CT molecular complexity index is 1010. The molecule has 1 saturated heterocycles. The van der Waals surface area contributed by atoms with E-state index in [-0.39, 0.29) is 5.91 Å².